The smallest absolute Gasteiger partial charge is 0.343 e. The van der Waals surface area contributed by atoms with Gasteiger partial charge in [-0.2, -0.15) is 0 Å². The molecule has 0 N–H and O–H groups in total. The summed E-state index contributed by atoms with van der Waals surface area (Å²) in [5, 5.41) is 0. The molecule has 5 heteroatoms. The van der Waals surface area contributed by atoms with Gasteiger partial charge in [-0.15, -0.1) is 0 Å². The molecule has 0 aliphatic rings. The Labute approximate surface area is 92.0 Å². The molecule has 0 aliphatic heterocycles. The first-order valence-corrected chi connectivity index (χ1v) is 4.64. The molecule has 0 atom stereocenters. The number of hydrogen-bond acceptors (Lipinski definition) is 5. The van der Waals surface area contributed by atoms with E-state index in [0.29, 0.717) is 22.3 Å². The second-order valence-corrected chi connectivity index (χ2v) is 3.06. The summed E-state index contributed by atoms with van der Waals surface area (Å²) in [7, 11) is 2.81. The predicted molar refractivity (Wildman–Crippen MR) is 57.4 cm³/mol. The Kier molecular flexibility index (Phi) is 2.68. The van der Waals surface area contributed by atoms with Crippen LogP contribution in [0.5, 0.6) is 5.75 Å². The highest BCUT2D eigenvalue weighted by Gasteiger charge is 2.18. The SMILES string of the molecule is COC(=O)c1c(OC)ccc2nccnc12. The largest absolute Gasteiger partial charge is 0.496 e. The zero-order valence-electron chi connectivity index (χ0n) is 8.93. The minimum Gasteiger partial charge on any atom is -0.496 e. The van der Waals surface area contributed by atoms with Gasteiger partial charge in [0.05, 0.1) is 19.7 Å². The van der Waals surface area contributed by atoms with E-state index in [9.17, 15) is 4.79 Å². The first kappa shape index (κ1) is 10.4. The van der Waals surface area contributed by atoms with Crippen LogP contribution in [0, 0.1) is 0 Å². The monoisotopic (exact) mass is 218 g/mol. The van der Waals surface area contributed by atoms with Crippen LogP contribution in [0.2, 0.25) is 0 Å². The molecule has 0 bridgehead atoms. The third-order valence-electron chi connectivity index (χ3n) is 2.21. The summed E-state index contributed by atoms with van der Waals surface area (Å²) in [6, 6.07) is 3.41. The molecule has 2 aromatic rings. The predicted octanol–water partition coefficient (Wildman–Crippen LogP) is 1.42. The molecular weight excluding hydrogens is 208 g/mol. The average Bonchev–Trinajstić information content (AvgIpc) is 2.36. The quantitative estimate of drug-likeness (QED) is 0.713. The van der Waals surface area contributed by atoms with Crippen LogP contribution >= 0.6 is 0 Å². The van der Waals surface area contributed by atoms with E-state index in [1.165, 1.54) is 20.4 Å². The third kappa shape index (κ3) is 1.56. The standard InChI is InChI=1S/C11H10N2O3/c1-15-8-4-3-7-10(13-6-5-12-7)9(8)11(14)16-2/h3-6H,1-2H3. The fourth-order valence-corrected chi connectivity index (χ4v) is 1.49. The first-order valence-electron chi connectivity index (χ1n) is 4.64. The van der Waals surface area contributed by atoms with Gasteiger partial charge in [-0.05, 0) is 12.1 Å². The van der Waals surface area contributed by atoms with Gasteiger partial charge in [0.25, 0.3) is 0 Å². The lowest BCUT2D eigenvalue weighted by Crippen LogP contribution is -2.06. The Balaban J connectivity index is 2.78. The zero-order valence-corrected chi connectivity index (χ0v) is 8.93. The molecule has 0 spiro atoms. The van der Waals surface area contributed by atoms with Gasteiger partial charge < -0.3 is 9.47 Å². The Bertz CT molecular complexity index is 540. The van der Waals surface area contributed by atoms with E-state index in [0.717, 1.165) is 0 Å². The van der Waals surface area contributed by atoms with Crippen molar-refractivity contribution in [3.05, 3.63) is 30.1 Å². The van der Waals surface area contributed by atoms with Gasteiger partial charge in [0.15, 0.2) is 0 Å². The molecule has 0 unspecified atom stereocenters. The molecule has 2 rings (SSSR count). The van der Waals surface area contributed by atoms with E-state index in [1.54, 1.807) is 18.3 Å². The maximum Gasteiger partial charge on any atom is 0.343 e. The number of aromatic nitrogens is 2. The topological polar surface area (TPSA) is 61.3 Å². The second kappa shape index (κ2) is 4.14. The summed E-state index contributed by atoms with van der Waals surface area (Å²) >= 11 is 0. The number of hydrogen-bond donors (Lipinski definition) is 0. The average molecular weight is 218 g/mol. The molecule has 0 saturated heterocycles. The van der Waals surface area contributed by atoms with E-state index in [1.807, 2.05) is 0 Å². The van der Waals surface area contributed by atoms with Crippen LogP contribution in [-0.4, -0.2) is 30.2 Å². The van der Waals surface area contributed by atoms with Crippen LogP contribution in [-0.2, 0) is 4.74 Å². The third-order valence-corrected chi connectivity index (χ3v) is 2.21. The van der Waals surface area contributed by atoms with Crippen LogP contribution in [0.4, 0.5) is 0 Å². The summed E-state index contributed by atoms with van der Waals surface area (Å²) in [5.41, 5.74) is 1.41. The van der Waals surface area contributed by atoms with Gasteiger partial charge in [0.2, 0.25) is 0 Å². The molecule has 16 heavy (non-hydrogen) atoms. The van der Waals surface area contributed by atoms with E-state index in [-0.39, 0.29) is 0 Å². The van der Waals surface area contributed by atoms with Crippen molar-refractivity contribution in [2.45, 2.75) is 0 Å². The van der Waals surface area contributed by atoms with Crippen LogP contribution in [0.25, 0.3) is 11.0 Å². The number of ether oxygens (including phenoxy) is 2. The molecule has 0 saturated carbocycles. The van der Waals surface area contributed by atoms with Crippen molar-refractivity contribution in [1.82, 2.24) is 9.97 Å². The number of esters is 1. The molecule has 0 radical (unpaired) electrons. The number of nitrogens with zero attached hydrogens (tertiary/aromatic N) is 2. The highest BCUT2D eigenvalue weighted by molar-refractivity contribution is 6.04. The van der Waals surface area contributed by atoms with Crippen molar-refractivity contribution in [2.24, 2.45) is 0 Å². The van der Waals surface area contributed by atoms with Crippen molar-refractivity contribution >= 4 is 17.0 Å². The van der Waals surface area contributed by atoms with Gasteiger partial charge >= 0.3 is 5.97 Å². The molecule has 82 valence electrons. The van der Waals surface area contributed by atoms with Crippen molar-refractivity contribution in [3.63, 3.8) is 0 Å². The highest BCUT2D eigenvalue weighted by atomic mass is 16.5. The summed E-state index contributed by atoms with van der Waals surface area (Å²) in [4.78, 5) is 19.9. The van der Waals surface area contributed by atoms with Gasteiger partial charge in [0.1, 0.15) is 16.8 Å². The Morgan fingerprint density at radius 1 is 1.19 bits per heavy atom. The summed E-state index contributed by atoms with van der Waals surface area (Å²) in [5.74, 6) is -0.0530. The molecule has 0 amide bonds. The molecule has 1 aromatic heterocycles. The molecule has 1 aromatic carbocycles. The van der Waals surface area contributed by atoms with Crippen LogP contribution in [0.3, 0.4) is 0 Å². The molecule has 0 fully saturated rings. The maximum atomic E-state index is 11.6. The minimum atomic E-state index is -0.483. The first-order chi connectivity index (χ1) is 7.77. The van der Waals surface area contributed by atoms with Crippen molar-refractivity contribution in [2.75, 3.05) is 14.2 Å². The van der Waals surface area contributed by atoms with Crippen LogP contribution in [0.1, 0.15) is 10.4 Å². The zero-order chi connectivity index (χ0) is 11.5. The number of rotatable bonds is 2. The lowest BCUT2D eigenvalue weighted by molar-refractivity contribution is 0.0599. The molecule has 0 aliphatic carbocycles. The van der Waals surface area contributed by atoms with Crippen molar-refractivity contribution in [3.8, 4) is 5.75 Å². The van der Waals surface area contributed by atoms with Gasteiger partial charge in [-0.25, -0.2) is 4.79 Å². The van der Waals surface area contributed by atoms with E-state index < -0.39 is 5.97 Å². The molecular formula is C11H10N2O3. The van der Waals surface area contributed by atoms with Gasteiger partial charge in [0, 0.05) is 12.4 Å². The molecule has 5 nitrogen and oxygen atoms in total. The summed E-state index contributed by atoms with van der Waals surface area (Å²) in [6.45, 7) is 0. The number of methoxy groups -OCH3 is 2. The van der Waals surface area contributed by atoms with Crippen molar-refractivity contribution in [1.29, 1.82) is 0 Å². The fraction of sp³-hybridized carbons (Fsp3) is 0.182. The Morgan fingerprint density at radius 2 is 1.94 bits per heavy atom. The number of carbonyl (C=O) groups is 1. The number of fused-ring (bicyclic) bond motifs is 1. The van der Waals surface area contributed by atoms with E-state index in [2.05, 4.69) is 9.97 Å². The number of carbonyl (C=O) groups excluding carboxylic acids is 1. The normalized spacial score (nSPS) is 10.1. The maximum absolute atomic E-state index is 11.6. The van der Waals surface area contributed by atoms with E-state index >= 15 is 0 Å². The van der Waals surface area contributed by atoms with Crippen LogP contribution < -0.4 is 4.74 Å². The van der Waals surface area contributed by atoms with Gasteiger partial charge in [-0.1, -0.05) is 0 Å². The highest BCUT2D eigenvalue weighted by Crippen LogP contribution is 2.25. The van der Waals surface area contributed by atoms with Crippen molar-refractivity contribution < 1.29 is 14.3 Å². The fourth-order valence-electron chi connectivity index (χ4n) is 1.49. The number of benzene rings is 1. The lowest BCUT2D eigenvalue weighted by atomic mass is 10.1. The Morgan fingerprint density at radius 3 is 2.62 bits per heavy atom. The lowest BCUT2D eigenvalue weighted by Gasteiger charge is -2.08. The second-order valence-electron chi connectivity index (χ2n) is 3.06. The Hall–Kier alpha value is -2.17. The molecule has 1 heterocycles. The van der Waals surface area contributed by atoms with E-state index in [4.69, 9.17) is 9.47 Å². The van der Waals surface area contributed by atoms with Gasteiger partial charge in [-0.3, -0.25) is 9.97 Å². The summed E-state index contributed by atoms with van der Waals surface area (Å²) < 4.78 is 9.81. The minimum absolute atomic E-state index is 0.301. The summed E-state index contributed by atoms with van der Waals surface area (Å²) in [6.07, 6.45) is 3.09. The van der Waals surface area contributed by atoms with Crippen LogP contribution in [0.15, 0.2) is 24.5 Å².